The van der Waals surface area contributed by atoms with Crippen molar-refractivity contribution in [2.75, 3.05) is 4.72 Å². The van der Waals surface area contributed by atoms with Gasteiger partial charge in [0.2, 0.25) is 9.84 Å². The van der Waals surface area contributed by atoms with Crippen molar-refractivity contribution >= 4 is 42.9 Å². The smallest absolute Gasteiger partial charge is 0.335 e. The normalized spacial score (nSPS) is 11.8. The second kappa shape index (κ2) is 10.0. The highest BCUT2D eigenvalue weighted by molar-refractivity contribution is 7.96. The molecule has 1 aromatic heterocycles. The van der Waals surface area contributed by atoms with Crippen LogP contribution in [0, 0.1) is 0 Å². The lowest BCUT2D eigenvalue weighted by molar-refractivity contribution is 0.0697. The number of hydrogen-bond acceptors (Lipinski definition) is 6. The van der Waals surface area contributed by atoms with Crippen LogP contribution in [-0.4, -0.2) is 27.9 Å². The Morgan fingerprint density at radius 3 is 2.09 bits per heavy atom. The van der Waals surface area contributed by atoms with E-state index in [1.54, 1.807) is 60.7 Å². The van der Waals surface area contributed by atoms with Gasteiger partial charge in [-0.2, -0.15) is 0 Å². The maximum atomic E-state index is 12.9. The minimum Gasteiger partial charge on any atom is -0.478 e. The molecule has 7 nitrogen and oxygen atoms in total. The molecule has 4 aromatic rings. The largest absolute Gasteiger partial charge is 0.478 e. The van der Waals surface area contributed by atoms with Gasteiger partial charge in [-0.1, -0.05) is 42.5 Å². The average molecular weight is 528 g/mol. The predicted molar refractivity (Wildman–Crippen MR) is 134 cm³/mol. The summed E-state index contributed by atoms with van der Waals surface area (Å²) in [6.45, 7) is 0. The molecule has 0 amide bonds. The fourth-order valence-electron chi connectivity index (χ4n) is 3.41. The Bertz CT molecular complexity index is 1560. The first-order valence-electron chi connectivity index (χ1n) is 10.5. The molecule has 0 spiro atoms. The molecule has 0 radical (unpaired) electrons. The molecule has 0 aliphatic rings. The summed E-state index contributed by atoms with van der Waals surface area (Å²) in [6, 6.07) is 24.0. The van der Waals surface area contributed by atoms with E-state index in [2.05, 4.69) is 4.72 Å². The van der Waals surface area contributed by atoms with Crippen LogP contribution in [0.1, 0.15) is 21.5 Å². The number of carboxylic acid groups (broad SMARTS) is 1. The Labute approximate surface area is 207 Å². The van der Waals surface area contributed by atoms with Crippen molar-refractivity contribution in [1.82, 2.24) is 0 Å². The Balaban J connectivity index is 1.47. The van der Waals surface area contributed by atoms with E-state index in [9.17, 15) is 21.6 Å². The van der Waals surface area contributed by atoms with Crippen molar-refractivity contribution in [2.45, 2.75) is 26.2 Å². The highest BCUT2D eigenvalue weighted by Crippen LogP contribution is 2.31. The second-order valence-corrected chi connectivity index (χ2v) is 12.9. The molecule has 0 fully saturated rings. The SMILES string of the molecule is O=C(O)c1ccc(CCc2cccc(NS(=O)(=O)c3ccc(S(=O)(=O)c4ccccc4)s3)c2)cc1. The molecule has 3 aromatic carbocycles. The number of carbonyl (C=O) groups is 1. The van der Waals surface area contributed by atoms with Gasteiger partial charge in [0.25, 0.3) is 10.0 Å². The van der Waals surface area contributed by atoms with Gasteiger partial charge < -0.3 is 5.11 Å². The van der Waals surface area contributed by atoms with E-state index in [-0.39, 0.29) is 18.9 Å². The molecular weight excluding hydrogens is 506 g/mol. The summed E-state index contributed by atoms with van der Waals surface area (Å²) in [5.41, 5.74) is 2.45. The number of aromatic carboxylic acids is 1. The topological polar surface area (TPSA) is 118 Å². The first kappa shape index (κ1) is 24.6. The quantitative estimate of drug-likeness (QED) is 0.321. The Morgan fingerprint density at radius 2 is 1.40 bits per heavy atom. The summed E-state index contributed by atoms with van der Waals surface area (Å²) in [6.07, 6.45) is 1.28. The summed E-state index contributed by atoms with van der Waals surface area (Å²) in [7, 11) is -7.79. The Hall–Kier alpha value is -3.47. The van der Waals surface area contributed by atoms with Crippen LogP contribution in [0.2, 0.25) is 0 Å². The van der Waals surface area contributed by atoms with Crippen LogP contribution in [-0.2, 0) is 32.7 Å². The average Bonchev–Trinajstić information content (AvgIpc) is 3.36. The second-order valence-electron chi connectivity index (χ2n) is 7.70. The molecule has 0 unspecified atom stereocenters. The van der Waals surface area contributed by atoms with Gasteiger partial charge in [-0.05, 0) is 72.5 Å². The first-order chi connectivity index (χ1) is 16.6. The summed E-state index contributed by atoms with van der Waals surface area (Å²) in [5.74, 6) is -0.980. The molecular formula is C25H21NO6S3. The van der Waals surface area contributed by atoms with E-state index < -0.39 is 25.8 Å². The molecule has 10 heteroatoms. The molecule has 4 rings (SSSR count). The van der Waals surface area contributed by atoms with E-state index in [1.165, 1.54) is 24.3 Å². The van der Waals surface area contributed by atoms with Gasteiger partial charge in [0.1, 0.15) is 8.42 Å². The summed E-state index contributed by atoms with van der Waals surface area (Å²) < 4.78 is 53.8. The maximum Gasteiger partial charge on any atom is 0.335 e. The van der Waals surface area contributed by atoms with Crippen LogP contribution in [0.5, 0.6) is 0 Å². The zero-order chi connectivity index (χ0) is 25.1. The molecule has 0 aliphatic carbocycles. The van der Waals surface area contributed by atoms with Crippen molar-refractivity contribution < 1.29 is 26.7 Å². The van der Waals surface area contributed by atoms with Gasteiger partial charge >= 0.3 is 5.97 Å². The van der Waals surface area contributed by atoms with Crippen molar-refractivity contribution in [3.8, 4) is 0 Å². The Kier molecular flexibility index (Phi) is 7.06. The number of carboxylic acids is 1. The zero-order valence-electron chi connectivity index (χ0n) is 18.3. The minimum atomic E-state index is -3.98. The monoisotopic (exact) mass is 527 g/mol. The number of aryl methyl sites for hydroxylation is 2. The lowest BCUT2D eigenvalue weighted by Gasteiger charge is -2.09. The third kappa shape index (κ3) is 5.79. The minimum absolute atomic E-state index is 0.0493. The molecule has 0 saturated heterocycles. The number of sulfonamides is 1. The van der Waals surface area contributed by atoms with Crippen LogP contribution in [0.4, 0.5) is 5.69 Å². The first-order valence-corrected chi connectivity index (χ1v) is 14.3. The Morgan fingerprint density at radius 1 is 0.743 bits per heavy atom. The predicted octanol–water partition coefficient (Wildman–Crippen LogP) is 4.87. The van der Waals surface area contributed by atoms with Gasteiger partial charge in [-0.15, -0.1) is 11.3 Å². The molecule has 1 heterocycles. The molecule has 0 atom stereocenters. The number of hydrogen-bond donors (Lipinski definition) is 2. The molecule has 35 heavy (non-hydrogen) atoms. The van der Waals surface area contributed by atoms with Crippen molar-refractivity contribution in [2.24, 2.45) is 0 Å². The lowest BCUT2D eigenvalue weighted by Crippen LogP contribution is -2.11. The number of benzene rings is 3. The van der Waals surface area contributed by atoms with E-state index in [4.69, 9.17) is 5.11 Å². The molecule has 0 bridgehead atoms. The lowest BCUT2D eigenvalue weighted by atomic mass is 10.0. The highest BCUT2D eigenvalue weighted by atomic mass is 32.3. The maximum absolute atomic E-state index is 12.9. The van der Waals surface area contributed by atoms with Crippen LogP contribution in [0.25, 0.3) is 0 Å². The number of anilines is 1. The van der Waals surface area contributed by atoms with Gasteiger partial charge in [-0.3, -0.25) is 4.72 Å². The zero-order valence-corrected chi connectivity index (χ0v) is 20.7. The van der Waals surface area contributed by atoms with E-state index in [0.29, 0.717) is 29.9 Å². The van der Waals surface area contributed by atoms with Gasteiger partial charge in [0.15, 0.2) is 0 Å². The standard InChI is InChI=1S/C25H21NO6S3/c27-25(28)20-13-11-18(12-14-20)9-10-19-5-4-6-21(17-19)26-35(31,32)24-16-15-23(33-24)34(29,30)22-7-2-1-3-8-22/h1-8,11-17,26H,9-10H2,(H,27,28). The van der Waals surface area contributed by atoms with Crippen LogP contribution in [0.3, 0.4) is 0 Å². The third-order valence-corrected chi connectivity index (χ3v) is 10.4. The third-order valence-electron chi connectivity index (χ3n) is 5.22. The van der Waals surface area contributed by atoms with Gasteiger partial charge in [-0.25, -0.2) is 21.6 Å². The molecule has 0 saturated carbocycles. The summed E-state index contributed by atoms with van der Waals surface area (Å²) >= 11 is 0.696. The summed E-state index contributed by atoms with van der Waals surface area (Å²) in [5, 5.41) is 9.00. The van der Waals surface area contributed by atoms with Gasteiger partial charge in [0, 0.05) is 5.69 Å². The highest BCUT2D eigenvalue weighted by Gasteiger charge is 2.24. The summed E-state index contributed by atoms with van der Waals surface area (Å²) in [4.78, 5) is 11.1. The number of nitrogens with one attached hydrogen (secondary N) is 1. The van der Waals surface area contributed by atoms with Crippen molar-refractivity contribution in [3.63, 3.8) is 0 Å². The number of thiophene rings is 1. The van der Waals surface area contributed by atoms with E-state index in [0.717, 1.165) is 11.1 Å². The molecule has 2 N–H and O–H groups in total. The van der Waals surface area contributed by atoms with Crippen LogP contribution in [0.15, 0.2) is 104 Å². The molecule has 180 valence electrons. The van der Waals surface area contributed by atoms with Crippen molar-refractivity contribution in [1.29, 1.82) is 0 Å². The van der Waals surface area contributed by atoms with E-state index in [1.807, 2.05) is 6.07 Å². The van der Waals surface area contributed by atoms with E-state index >= 15 is 0 Å². The van der Waals surface area contributed by atoms with Crippen molar-refractivity contribution in [3.05, 3.63) is 108 Å². The number of rotatable bonds is 9. The van der Waals surface area contributed by atoms with Crippen LogP contribution >= 0.6 is 11.3 Å². The fraction of sp³-hybridized carbons (Fsp3) is 0.0800. The van der Waals surface area contributed by atoms with Gasteiger partial charge in [0.05, 0.1) is 10.5 Å². The fourth-order valence-corrected chi connectivity index (χ4v) is 7.65. The molecule has 0 aliphatic heterocycles. The van der Waals surface area contributed by atoms with Crippen LogP contribution < -0.4 is 4.72 Å². The number of sulfone groups is 1.